The molecule has 0 aliphatic rings. The summed E-state index contributed by atoms with van der Waals surface area (Å²) in [5.74, 6) is 0.835. The standard InChI is InChI=1S/C18H16N5O4P/c1-11(2)23-16-8-7-14(9-15(16)20-22-23)18-19-17(21-27-18)13-5-3-12(4-6-13)10-26-28(24)25/h3-9,11H,10H2,1-2H3/p+1. The molecule has 0 spiro atoms. The van der Waals surface area contributed by atoms with Crippen LogP contribution in [-0.4, -0.2) is 30.0 Å². The van der Waals surface area contributed by atoms with E-state index in [1.54, 1.807) is 24.3 Å². The van der Waals surface area contributed by atoms with Crippen molar-refractivity contribution < 1.29 is 18.5 Å². The monoisotopic (exact) mass is 398 g/mol. The van der Waals surface area contributed by atoms with Crippen LogP contribution in [0.3, 0.4) is 0 Å². The second-order valence-electron chi connectivity index (χ2n) is 6.46. The smallest absolute Gasteiger partial charge is 0.334 e. The van der Waals surface area contributed by atoms with Crippen molar-refractivity contribution in [1.29, 1.82) is 0 Å². The third kappa shape index (κ3) is 3.68. The molecule has 0 amide bonds. The summed E-state index contributed by atoms with van der Waals surface area (Å²) in [7, 11) is -2.61. The molecule has 1 unspecified atom stereocenters. The Balaban J connectivity index is 1.57. The lowest BCUT2D eigenvalue weighted by molar-refractivity contribution is 0.272. The van der Waals surface area contributed by atoms with Crippen LogP contribution in [0.4, 0.5) is 0 Å². The Bertz CT molecular complexity index is 1140. The van der Waals surface area contributed by atoms with Crippen LogP contribution in [0, 0.1) is 0 Å². The summed E-state index contributed by atoms with van der Waals surface area (Å²) in [5, 5.41) is 12.4. The highest BCUT2D eigenvalue weighted by Gasteiger charge is 2.15. The van der Waals surface area contributed by atoms with Gasteiger partial charge in [0.25, 0.3) is 5.89 Å². The zero-order valence-corrected chi connectivity index (χ0v) is 16.1. The van der Waals surface area contributed by atoms with Crippen molar-refractivity contribution in [2.45, 2.75) is 26.5 Å². The minimum absolute atomic E-state index is 0.0561. The maximum atomic E-state index is 10.6. The van der Waals surface area contributed by atoms with Crippen molar-refractivity contribution in [2.75, 3.05) is 0 Å². The molecular formula is C18H17N5O4P+. The number of hydrogen-bond acceptors (Lipinski definition) is 7. The van der Waals surface area contributed by atoms with E-state index in [0.29, 0.717) is 11.7 Å². The Kier molecular flexibility index (Phi) is 4.95. The Morgan fingerprint density at radius 1 is 1.18 bits per heavy atom. The molecule has 9 nitrogen and oxygen atoms in total. The van der Waals surface area contributed by atoms with Gasteiger partial charge in [-0.2, -0.15) is 4.98 Å². The number of nitrogens with zero attached hydrogens (tertiary/aromatic N) is 5. The van der Waals surface area contributed by atoms with Crippen molar-refractivity contribution in [3.8, 4) is 22.8 Å². The van der Waals surface area contributed by atoms with Crippen LogP contribution in [0.25, 0.3) is 33.9 Å². The van der Waals surface area contributed by atoms with Gasteiger partial charge in [-0.15, -0.1) is 14.5 Å². The SMILES string of the molecule is CC(C)n1nnc2cc(-c3nc(-c4ccc(CO[P+](=O)O)cc4)no3)ccc21. The third-order valence-electron chi connectivity index (χ3n) is 4.19. The number of aromatic nitrogens is 5. The molecule has 1 atom stereocenters. The fraction of sp³-hybridized carbons (Fsp3) is 0.222. The summed E-state index contributed by atoms with van der Waals surface area (Å²) >= 11 is 0. The first-order valence-electron chi connectivity index (χ1n) is 8.58. The summed E-state index contributed by atoms with van der Waals surface area (Å²) in [4.78, 5) is 13.1. The van der Waals surface area contributed by atoms with Crippen LogP contribution >= 0.6 is 8.25 Å². The van der Waals surface area contributed by atoms with E-state index >= 15 is 0 Å². The molecule has 2 aromatic carbocycles. The highest BCUT2D eigenvalue weighted by molar-refractivity contribution is 7.32. The fourth-order valence-electron chi connectivity index (χ4n) is 2.79. The molecule has 2 aromatic heterocycles. The molecule has 0 saturated carbocycles. The lowest BCUT2D eigenvalue weighted by atomic mass is 10.1. The second kappa shape index (κ2) is 7.55. The number of hydrogen-bond donors (Lipinski definition) is 1. The average Bonchev–Trinajstić information content (AvgIpc) is 3.33. The minimum Gasteiger partial charge on any atom is -0.334 e. The van der Waals surface area contributed by atoms with Crippen molar-refractivity contribution in [3.63, 3.8) is 0 Å². The zero-order valence-electron chi connectivity index (χ0n) is 15.2. The summed E-state index contributed by atoms with van der Waals surface area (Å²) in [6, 6.07) is 13.1. The first-order chi connectivity index (χ1) is 13.5. The minimum atomic E-state index is -2.61. The molecule has 10 heteroatoms. The summed E-state index contributed by atoms with van der Waals surface area (Å²) < 4.78 is 22.6. The van der Waals surface area contributed by atoms with Gasteiger partial charge in [0.15, 0.2) is 0 Å². The largest absolute Gasteiger partial charge is 0.695 e. The Hall–Kier alpha value is -3.00. The average molecular weight is 398 g/mol. The maximum absolute atomic E-state index is 10.6. The quantitative estimate of drug-likeness (QED) is 0.486. The van der Waals surface area contributed by atoms with Gasteiger partial charge in [0.1, 0.15) is 12.1 Å². The van der Waals surface area contributed by atoms with Crippen molar-refractivity contribution >= 4 is 19.3 Å². The molecular weight excluding hydrogens is 381 g/mol. The normalized spacial score (nSPS) is 12.1. The zero-order chi connectivity index (χ0) is 19.7. The van der Waals surface area contributed by atoms with Gasteiger partial charge in [-0.05, 0) is 37.6 Å². The molecule has 2 heterocycles. The molecule has 0 bridgehead atoms. The van der Waals surface area contributed by atoms with Gasteiger partial charge < -0.3 is 4.52 Å². The Morgan fingerprint density at radius 2 is 1.93 bits per heavy atom. The van der Waals surface area contributed by atoms with Gasteiger partial charge in [0, 0.05) is 21.7 Å². The molecule has 0 aliphatic carbocycles. The third-order valence-corrected chi connectivity index (χ3v) is 4.54. The van der Waals surface area contributed by atoms with Crippen molar-refractivity contribution in [2.24, 2.45) is 0 Å². The fourth-order valence-corrected chi connectivity index (χ4v) is 3.05. The lowest BCUT2D eigenvalue weighted by Crippen LogP contribution is -2.02. The molecule has 0 radical (unpaired) electrons. The molecule has 28 heavy (non-hydrogen) atoms. The second-order valence-corrected chi connectivity index (χ2v) is 7.20. The van der Waals surface area contributed by atoms with Crippen molar-refractivity contribution in [1.82, 2.24) is 25.1 Å². The lowest BCUT2D eigenvalue weighted by Gasteiger charge is -2.04. The van der Waals surface area contributed by atoms with Gasteiger partial charge in [-0.1, -0.05) is 34.6 Å². The van der Waals surface area contributed by atoms with Gasteiger partial charge >= 0.3 is 8.25 Å². The molecule has 0 saturated heterocycles. The van der Waals surface area contributed by atoms with E-state index in [2.05, 4.69) is 25.0 Å². The van der Waals surface area contributed by atoms with E-state index in [1.165, 1.54) is 0 Å². The number of rotatable bonds is 6. The molecule has 142 valence electrons. The molecule has 4 aromatic rings. The van der Waals surface area contributed by atoms with E-state index in [1.807, 2.05) is 36.7 Å². The summed E-state index contributed by atoms with van der Waals surface area (Å²) in [6.45, 7) is 4.15. The highest BCUT2D eigenvalue weighted by Crippen LogP contribution is 2.26. The van der Waals surface area contributed by atoms with Gasteiger partial charge in [0.2, 0.25) is 5.82 Å². The Labute approximate surface area is 160 Å². The number of benzene rings is 2. The van der Waals surface area contributed by atoms with E-state index in [-0.39, 0.29) is 12.6 Å². The van der Waals surface area contributed by atoms with Crippen molar-refractivity contribution in [3.05, 3.63) is 48.0 Å². The highest BCUT2D eigenvalue weighted by atomic mass is 31.1. The van der Waals surface area contributed by atoms with Gasteiger partial charge in [0.05, 0.1) is 5.52 Å². The van der Waals surface area contributed by atoms with E-state index in [4.69, 9.17) is 9.42 Å². The van der Waals surface area contributed by atoms with Crippen LogP contribution < -0.4 is 0 Å². The van der Waals surface area contributed by atoms with Crippen LogP contribution in [0.15, 0.2) is 47.0 Å². The van der Waals surface area contributed by atoms with E-state index in [9.17, 15) is 4.57 Å². The topological polar surface area (TPSA) is 116 Å². The van der Waals surface area contributed by atoms with Crippen LogP contribution in [-0.2, 0) is 15.7 Å². The molecule has 0 aliphatic heterocycles. The molecule has 0 fully saturated rings. The Morgan fingerprint density at radius 3 is 2.64 bits per heavy atom. The van der Waals surface area contributed by atoms with Crippen LogP contribution in [0.1, 0.15) is 25.5 Å². The maximum Gasteiger partial charge on any atom is 0.695 e. The van der Waals surface area contributed by atoms with E-state index in [0.717, 1.165) is 27.7 Å². The van der Waals surface area contributed by atoms with Crippen LogP contribution in [0.5, 0.6) is 0 Å². The summed E-state index contributed by atoms with van der Waals surface area (Å²) in [5.41, 5.74) is 4.00. The summed E-state index contributed by atoms with van der Waals surface area (Å²) in [6.07, 6.45) is 0. The predicted octanol–water partition coefficient (Wildman–Crippen LogP) is 3.90. The first-order valence-corrected chi connectivity index (χ1v) is 9.71. The number of fused-ring (bicyclic) bond motifs is 1. The molecule has 1 N–H and O–H groups in total. The van der Waals surface area contributed by atoms with Gasteiger partial charge in [-0.25, -0.2) is 4.68 Å². The predicted molar refractivity (Wildman–Crippen MR) is 101 cm³/mol. The first kappa shape index (κ1) is 18.4. The van der Waals surface area contributed by atoms with E-state index < -0.39 is 8.25 Å². The van der Waals surface area contributed by atoms with Crippen LogP contribution in [0.2, 0.25) is 0 Å². The molecule has 4 rings (SSSR count). The van der Waals surface area contributed by atoms with Gasteiger partial charge in [-0.3, -0.25) is 0 Å².